The number of nitro benzene ring substituents is 1. The minimum atomic E-state index is -0.913. The summed E-state index contributed by atoms with van der Waals surface area (Å²) in [5.74, 6) is -0.863. The van der Waals surface area contributed by atoms with Crippen LogP contribution in [0, 0.1) is 27.3 Å². The van der Waals surface area contributed by atoms with Gasteiger partial charge < -0.3 is 14.8 Å². The summed E-state index contributed by atoms with van der Waals surface area (Å²) in [5, 5.41) is 22.6. The van der Waals surface area contributed by atoms with Crippen molar-refractivity contribution in [3.63, 3.8) is 0 Å². The summed E-state index contributed by atoms with van der Waals surface area (Å²) < 4.78 is 25.5. The predicted octanol–water partition coefficient (Wildman–Crippen LogP) is 5.26. The van der Waals surface area contributed by atoms with E-state index < -0.39 is 28.0 Å². The second-order valence-corrected chi connectivity index (χ2v) is 6.96. The van der Waals surface area contributed by atoms with Crippen LogP contribution in [0.5, 0.6) is 11.5 Å². The minimum Gasteiger partial charge on any atom is -0.490 e. The first-order chi connectivity index (χ1) is 16.4. The predicted molar refractivity (Wildman–Crippen MR) is 124 cm³/mol. The van der Waals surface area contributed by atoms with Gasteiger partial charge >= 0.3 is 0 Å². The van der Waals surface area contributed by atoms with Crippen LogP contribution in [0.4, 0.5) is 15.8 Å². The maximum atomic E-state index is 14.0. The third-order valence-electron chi connectivity index (χ3n) is 4.59. The molecule has 1 N–H and O–H groups in total. The van der Waals surface area contributed by atoms with E-state index in [1.807, 2.05) is 37.3 Å². The van der Waals surface area contributed by atoms with Gasteiger partial charge in [-0.1, -0.05) is 36.4 Å². The molecule has 34 heavy (non-hydrogen) atoms. The van der Waals surface area contributed by atoms with Crippen LogP contribution >= 0.6 is 0 Å². The highest BCUT2D eigenvalue weighted by molar-refractivity contribution is 6.09. The maximum absolute atomic E-state index is 14.0. The Bertz CT molecular complexity index is 1270. The molecule has 0 aliphatic rings. The fourth-order valence-corrected chi connectivity index (χ4v) is 2.96. The van der Waals surface area contributed by atoms with E-state index in [4.69, 9.17) is 9.47 Å². The van der Waals surface area contributed by atoms with Gasteiger partial charge in [-0.3, -0.25) is 14.9 Å². The molecular formula is C25H20FN3O5. The summed E-state index contributed by atoms with van der Waals surface area (Å²) >= 11 is 0. The zero-order valence-electron chi connectivity index (χ0n) is 18.2. The topological polar surface area (TPSA) is 114 Å². The van der Waals surface area contributed by atoms with Crippen LogP contribution in [-0.4, -0.2) is 17.4 Å². The Labute approximate surface area is 195 Å². The number of nitrogens with zero attached hydrogens (tertiary/aromatic N) is 2. The summed E-state index contributed by atoms with van der Waals surface area (Å²) in [6, 6.07) is 19.0. The van der Waals surface area contributed by atoms with E-state index in [1.165, 1.54) is 6.08 Å². The molecule has 0 bridgehead atoms. The highest BCUT2D eigenvalue weighted by Crippen LogP contribution is 2.30. The van der Waals surface area contributed by atoms with Crippen molar-refractivity contribution < 1.29 is 23.6 Å². The van der Waals surface area contributed by atoms with E-state index in [0.717, 1.165) is 23.8 Å². The molecule has 0 heterocycles. The molecule has 3 aromatic carbocycles. The average molecular weight is 461 g/mol. The number of carbonyl (C=O) groups excluding carboxylic acids is 1. The van der Waals surface area contributed by atoms with Gasteiger partial charge in [-0.15, -0.1) is 0 Å². The lowest BCUT2D eigenvalue weighted by Crippen LogP contribution is -2.14. The molecule has 0 fully saturated rings. The molecule has 1 amide bonds. The second-order valence-electron chi connectivity index (χ2n) is 6.96. The molecule has 3 rings (SSSR count). The van der Waals surface area contributed by atoms with Gasteiger partial charge in [0, 0.05) is 12.1 Å². The molecule has 0 saturated heterocycles. The van der Waals surface area contributed by atoms with Crippen molar-refractivity contribution >= 4 is 23.4 Å². The van der Waals surface area contributed by atoms with Crippen molar-refractivity contribution in [2.75, 3.05) is 11.9 Å². The number of halogens is 1. The molecule has 0 atom stereocenters. The molecule has 9 heteroatoms. The SMILES string of the molecule is CCOc1cc(/C=C(\C#N)C(=O)Nc2cc([N+](=O)[O-])ccc2F)ccc1OCc1ccccc1. The zero-order chi connectivity index (χ0) is 24.5. The highest BCUT2D eigenvalue weighted by Gasteiger charge is 2.16. The Morgan fingerprint density at radius 2 is 1.88 bits per heavy atom. The monoisotopic (exact) mass is 461 g/mol. The van der Waals surface area contributed by atoms with Gasteiger partial charge in [0.05, 0.1) is 17.2 Å². The van der Waals surface area contributed by atoms with E-state index in [9.17, 15) is 24.6 Å². The molecule has 0 radical (unpaired) electrons. The minimum absolute atomic E-state index is 0.327. The lowest BCUT2D eigenvalue weighted by atomic mass is 10.1. The zero-order valence-corrected chi connectivity index (χ0v) is 18.2. The van der Waals surface area contributed by atoms with E-state index in [0.29, 0.717) is 30.3 Å². The van der Waals surface area contributed by atoms with Crippen LogP contribution in [0.15, 0.2) is 72.3 Å². The molecule has 172 valence electrons. The van der Waals surface area contributed by atoms with E-state index >= 15 is 0 Å². The molecule has 0 aliphatic heterocycles. The average Bonchev–Trinajstić information content (AvgIpc) is 2.84. The Morgan fingerprint density at radius 3 is 2.56 bits per heavy atom. The summed E-state index contributed by atoms with van der Waals surface area (Å²) in [6.07, 6.45) is 1.30. The Balaban J connectivity index is 1.81. The Kier molecular flexibility index (Phi) is 7.92. The first kappa shape index (κ1) is 23.9. The number of ether oxygens (including phenoxy) is 2. The van der Waals surface area contributed by atoms with E-state index in [1.54, 1.807) is 24.3 Å². The van der Waals surface area contributed by atoms with Crippen molar-refractivity contribution in [2.45, 2.75) is 13.5 Å². The molecule has 0 aliphatic carbocycles. The van der Waals surface area contributed by atoms with Crippen LogP contribution in [0.1, 0.15) is 18.1 Å². The summed E-state index contributed by atoms with van der Waals surface area (Å²) in [5.41, 5.74) is 0.324. The number of non-ortho nitro benzene ring substituents is 1. The number of hydrogen-bond acceptors (Lipinski definition) is 6. The number of anilines is 1. The number of carbonyl (C=O) groups is 1. The number of rotatable bonds is 9. The quantitative estimate of drug-likeness (QED) is 0.201. The van der Waals surface area contributed by atoms with Crippen molar-refractivity contribution in [3.05, 3.63) is 99.4 Å². The molecule has 3 aromatic rings. The van der Waals surface area contributed by atoms with Crippen molar-refractivity contribution in [3.8, 4) is 17.6 Å². The van der Waals surface area contributed by atoms with Gasteiger partial charge in [-0.2, -0.15) is 5.26 Å². The summed E-state index contributed by atoms with van der Waals surface area (Å²) in [6.45, 7) is 2.51. The first-order valence-electron chi connectivity index (χ1n) is 10.2. The van der Waals surface area contributed by atoms with Gasteiger partial charge in [0.2, 0.25) is 0 Å². The first-order valence-corrected chi connectivity index (χ1v) is 10.2. The molecule has 0 aromatic heterocycles. The second kappa shape index (κ2) is 11.2. The third kappa shape index (κ3) is 6.17. The van der Waals surface area contributed by atoms with Gasteiger partial charge in [0.25, 0.3) is 11.6 Å². The lowest BCUT2D eigenvalue weighted by Gasteiger charge is -2.13. The molecule has 0 unspecified atom stereocenters. The standard InChI is InChI=1S/C25H20FN3O5/c1-2-33-24-13-18(8-11-23(24)34-16-17-6-4-3-5-7-17)12-19(15-27)25(30)28-22-14-20(29(31)32)9-10-21(22)26/h3-14H,2,16H2,1H3,(H,28,30)/b19-12+. The van der Waals surface area contributed by atoms with Crippen LogP contribution < -0.4 is 14.8 Å². The largest absolute Gasteiger partial charge is 0.490 e. The summed E-state index contributed by atoms with van der Waals surface area (Å²) in [4.78, 5) is 22.7. The number of hydrogen-bond donors (Lipinski definition) is 1. The fourth-order valence-electron chi connectivity index (χ4n) is 2.96. The number of benzene rings is 3. The third-order valence-corrected chi connectivity index (χ3v) is 4.59. The van der Waals surface area contributed by atoms with Gasteiger partial charge in [0.15, 0.2) is 11.5 Å². The number of nitrogens with one attached hydrogen (secondary N) is 1. The maximum Gasteiger partial charge on any atom is 0.271 e. The molecule has 0 saturated carbocycles. The van der Waals surface area contributed by atoms with Crippen LogP contribution in [0.2, 0.25) is 0 Å². The summed E-state index contributed by atoms with van der Waals surface area (Å²) in [7, 11) is 0. The van der Waals surface area contributed by atoms with Crippen molar-refractivity contribution in [2.24, 2.45) is 0 Å². The van der Waals surface area contributed by atoms with Gasteiger partial charge in [-0.25, -0.2) is 4.39 Å². The Morgan fingerprint density at radius 1 is 1.12 bits per heavy atom. The smallest absolute Gasteiger partial charge is 0.271 e. The van der Waals surface area contributed by atoms with E-state index in [-0.39, 0.29) is 5.57 Å². The lowest BCUT2D eigenvalue weighted by molar-refractivity contribution is -0.384. The van der Waals surface area contributed by atoms with E-state index in [2.05, 4.69) is 5.32 Å². The number of nitro groups is 1. The molecule has 8 nitrogen and oxygen atoms in total. The normalized spacial score (nSPS) is 10.8. The molecule has 0 spiro atoms. The number of amides is 1. The van der Waals surface area contributed by atoms with Crippen LogP contribution in [-0.2, 0) is 11.4 Å². The van der Waals surface area contributed by atoms with Gasteiger partial charge in [0.1, 0.15) is 24.1 Å². The van der Waals surface area contributed by atoms with Crippen molar-refractivity contribution in [1.29, 1.82) is 5.26 Å². The van der Waals surface area contributed by atoms with Crippen LogP contribution in [0.3, 0.4) is 0 Å². The highest BCUT2D eigenvalue weighted by atomic mass is 19.1. The van der Waals surface area contributed by atoms with Gasteiger partial charge in [-0.05, 0) is 42.3 Å². The number of nitriles is 1. The fraction of sp³-hybridized carbons (Fsp3) is 0.120. The van der Waals surface area contributed by atoms with Crippen LogP contribution in [0.25, 0.3) is 6.08 Å². The van der Waals surface area contributed by atoms with Crippen molar-refractivity contribution in [1.82, 2.24) is 0 Å². The Hall–Kier alpha value is -4.71. The molecular weight excluding hydrogens is 441 g/mol.